The Kier molecular flexibility index (Phi) is 4.93. The van der Waals surface area contributed by atoms with Crippen molar-refractivity contribution in [2.45, 2.75) is 0 Å². The van der Waals surface area contributed by atoms with Crippen LogP contribution in [0.25, 0.3) is 67.2 Å². The summed E-state index contributed by atoms with van der Waals surface area (Å²) in [6.45, 7) is 0. The van der Waals surface area contributed by atoms with E-state index >= 15 is 0 Å². The smallest absolute Gasteiger partial charge is 0.124 e. The molecule has 1 aliphatic carbocycles. The number of fused-ring (bicyclic) bond motifs is 8. The lowest BCUT2D eigenvalue weighted by Gasteiger charge is -2.23. The van der Waals surface area contributed by atoms with Crippen LogP contribution in [0.5, 0.6) is 5.75 Å². The van der Waals surface area contributed by atoms with E-state index in [-0.39, 0.29) is 5.75 Å². The lowest BCUT2D eigenvalue weighted by molar-refractivity contribution is 0.477. The first-order valence-corrected chi connectivity index (χ1v) is 12.3. The molecule has 4 aromatic carbocycles. The van der Waals surface area contributed by atoms with E-state index in [1.165, 1.54) is 11.1 Å². The van der Waals surface area contributed by atoms with Crippen molar-refractivity contribution in [2.75, 3.05) is 0 Å². The van der Waals surface area contributed by atoms with Crippen molar-refractivity contribution >= 4 is 0 Å². The number of phenolic OH excluding ortho intramolecular Hbond substituents is 1. The maximum absolute atomic E-state index is 10.6. The Morgan fingerprint density at radius 2 is 1.00 bits per heavy atom. The standard InChI is InChI=1S/C34H22N2O/c37-33-15-6-5-13-29(33)32-19-18-28-26-12-4-3-10-24(26)23-9-1-2-11-25(23)27-17-16-22(21-30(27)34(28)36-32)31-14-7-8-20-35-31/h1-21,37H. The monoisotopic (exact) mass is 474 g/mol. The number of hydrogen-bond acceptors (Lipinski definition) is 3. The number of hydrogen-bond donors (Lipinski definition) is 1. The van der Waals surface area contributed by atoms with Crippen molar-refractivity contribution in [3.8, 4) is 72.9 Å². The van der Waals surface area contributed by atoms with E-state index in [2.05, 4.69) is 77.8 Å². The maximum atomic E-state index is 10.6. The van der Waals surface area contributed by atoms with Gasteiger partial charge in [0.15, 0.2) is 0 Å². The second-order valence-electron chi connectivity index (χ2n) is 9.18. The molecule has 7 rings (SSSR count). The van der Waals surface area contributed by atoms with Gasteiger partial charge in [0.2, 0.25) is 0 Å². The summed E-state index contributed by atoms with van der Waals surface area (Å²) in [5.41, 5.74) is 12.2. The molecule has 37 heavy (non-hydrogen) atoms. The molecular formula is C34H22N2O. The predicted octanol–water partition coefficient (Wildman–Crippen LogP) is 8.50. The van der Waals surface area contributed by atoms with E-state index in [9.17, 15) is 5.11 Å². The zero-order valence-electron chi connectivity index (χ0n) is 20.0. The third kappa shape index (κ3) is 3.52. The molecule has 6 aromatic rings. The Balaban J connectivity index is 1.59. The van der Waals surface area contributed by atoms with Crippen LogP contribution in [-0.2, 0) is 0 Å². The summed E-state index contributed by atoms with van der Waals surface area (Å²) in [7, 11) is 0. The summed E-state index contributed by atoms with van der Waals surface area (Å²) >= 11 is 0. The molecule has 0 spiro atoms. The molecule has 0 saturated heterocycles. The first-order chi connectivity index (χ1) is 18.3. The lowest BCUT2D eigenvalue weighted by atomic mass is 9.82. The lowest BCUT2D eigenvalue weighted by Crippen LogP contribution is -2.00. The molecule has 3 nitrogen and oxygen atoms in total. The number of aromatic nitrogens is 2. The van der Waals surface area contributed by atoms with E-state index in [1.807, 2.05) is 48.7 Å². The highest BCUT2D eigenvalue weighted by Gasteiger charge is 2.24. The van der Waals surface area contributed by atoms with Crippen molar-refractivity contribution in [3.05, 3.63) is 128 Å². The minimum absolute atomic E-state index is 0.217. The van der Waals surface area contributed by atoms with E-state index in [1.54, 1.807) is 6.07 Å². The molecule has 0 radical (unpaired) electrons. The van der Waals surface area contributed by atoms with Gasteiger partial charge in [0, 0.05) is 28.5 Å². The molecule has 1 N–H and O–H groups in total. The molecule has 0 unspecified atom stereocenters. The summed E-state index contributed by atoms with van der Waals surface area (Å²) in [6.07, 6.45) is 1.82. The van der Waals surface area contributed by atoms with Crippen LogP contribution >= 0.6 is 0 Å². The number of benzene rings is 4. The summed E-state index contributed by atoms with van der Waals surface area (Å²) in [5, 5.41) is 10.6. The molecule has 0 fully saturated rings. The van der Waals surface area contributed by atoms with Crippen LogP contribution in [0.4, 0.5) is 0 Å². The molecule has 174 valence electrons. The fourth-order valence-electron chi connectivity index (χ4n) is 5.30. The highest BCUT2D eigenvalue weighted by Crippen LogP contribution is 2.48. The summed E-state index contributed by atoms with van der Waals surface area (Å²) in [4.78, 5) is 9.81. The summed E-state index contributed by atoms with van der Waals surface area (Å²) in [6, 6.07) is 41.1. The molecule has 2 aromatic heterocycles. The van der Waals surface area contributed by atoms with E-state index in [0.717, 1.165) is 50.5 Å². The third-order valence-corrected chi connectivity index (χ3v) is 7.04. The van der Waals surface area contributed by atoms with Crippen molar-refractivity contribution in [1.29, 1.82) is 0 Å². The molecule has 0 saturated carbocycles. The van der Waals surface area contributed by atoms with Gasteiger partial charge in [-0.3, -0.25) is 4.98 Å². The van der Waals surface area contributed by atoms with Crippen molar-refractivity contribution in [1.82, 2.24) is 9.97 Å². The van der Waals surface area contributed by atoms with Crippen LogP contribution in [-0.4, -0.2) is 15.1 Å². The van der Waals surface area contributed by atoms with Crippen LogP contribution in [0.2, 0.25) is 0 Å². The highest BCUT2D eigenvalue weighted by molar-refractivity contribution is 6.03. The van der Waals surface area contributed by atoms with Crippen LogP contribution in [0.15, 0.2) is 128 Å². The number of rotatable bonds is 2. The van der Waals surface area contributed by atoms with Gasteiger partial charge in [-0.1, -0.05) is 78.9 Å². The minimum atomic E-state index is 0.217. The molecular weight excluding hydrogens is 452 g/mol. The topological polar surface area (TPSA) is 46.0 Å². The van der Waals surface area contributed by atoms with Gasteiger partial charge in [-0.15, -0.1) is 0 Å². The van der Waals surface area contributed by atoms with E-state index < -0.39 is 0 Å². The summed E-state index contributed by atoms with van der Waals surface area (Å²) in [5.74, 6) is 0.217. The Labute approximate surface area is 215 Å². The molecule has 2 heterocycles. The third-order valence-electron chi connectivity index (χ3n) is 7.04. The fraction of sp³-hybridized carbons (Fsp3) is 0. The first-order valence-electron chi connectivity index (χ1n) is 12.3. The van der Waals surface area contributed by atoms with Gasteiger partial charge in [-0.2, -0.15) is 0 Å². The van der Waals surface area contributed by atoms with E-state index in [4.69, 9.17) is 4.98 Å². The molecule has 0 bridgehead atoms. The quantitative estimate of drug-likeness (QED) is 0.273. The van der Waals surface area contributed by atoms with Gasteiger partial charge in [0.25, 0.3) is 0 Å². The van der Waals surface area contributed by atoms with Crippen LogP contribution < -0.4 is 0 Å². The highest BCUT2D eigenvalue weighted by atomic mass is 16.3. The van der Waals surface area contributed by atoms with Crippen LogP contribution in [0, 0.1) is 0 Å². The Morgan fingerprint density at radius 1 is 0.432 bits per heavy atom. The summed E-state index contributed by atoms with van der Waals surface area (Å²) < 4.78 is 0. The van der Waals surface area contributed by atoms with Crippen molar-refractivity contribution in [3.63, 3.8) is 0 Å². The van der Waals surface area contributed by atoms with Crippen LogP contribution in [0.3, 0.4) is 0 Å². The fourth-order valence-corrected chi connectivity index (χ4v) is 5.30. The largest absolute Gasteiger partial charge is 0.507 e. The number of phenols is 1. The van der Waals surface area contributed by atoms with Gasteiger partial charge >= 0.3 is 0 Å². The van der Waals surface area contributed by atoms with E-state index in [0.29, 0.717) is 5.56 Å². The zero-order chi connectivity index (χ0) is 24.8. The van der Waals surface area contributed by atoms with Crippen molar-refractivity contribution < 1.29 is 5.11 Å². The molecule has 3 heteroatoms. The van der Waals surface area contributed by atoms with Crippen molar-refractivity contribution in [2.24, 2.45) is 0 Å². The van der Waals surface area contributed by atoms with Crippen LogP contribution in [0.1, 0.15) is 0 Å². The Bertz CT molecular complexity index is 1790. The second kappa shape index (κ2) is 8.58. The molecule has 0 atom stereocenters. The van der Waals surface area contributed by atoms with Gasteiger partial charge in [-0.05, 0) is 70.3 Å². The number of nitrogens with zero attached hydrogens (tertiary/aromatic N) is 2. The Morgan fingerprint density at radius 3 is 1.65 bits per heavy atom. The second-order valence-corrected chi connectivity index (χ2v) is 9.18. The van der Waals surface area contributed by atoms with Gasteiger partial charge in [-0.25, -0.2) is 4.98 Å². The van der Waals surface area contributed by atoms with Gasteiger partial charge in [0.05, 0.1) is 17.1 Å². The zero-order valence-corrected chi connectivity index (χ0v) is 20.0. The predicted molar refractivity (Wildman–Crippen MR) is 150 cm³/mol. The Hall–Kier alpha value is -5.02. The number of pyridine rings is 2. The number of aromatic hydroxyl groups is 1. The molecule has 0 aliphatic heterocycles. The SMILES string of the molecule is Oc1ccccc1-c1ccc2c(n1)-c1cc(-c3ccccn3)ccc1-c1ccccc1-c1ccccc1-2. The van der Waals surface area contributed by atoms with Gasteiger partial charge in [0.1, 0.15) is 5.75 Å². The molecule has 1 aliphatic rings. The minimum Gasteiger partial charge on any atom is -0.507 e. The molecule has 0 amide bonds. The normalized spacial score (nSPS) is 11.4. The average molecular weight is 475 g/mol. The number of para-hydroxylation sites is 1. The maximum Gasteiger partial charge on any atom is 0.124 e. The first kappa shape index (κ1) is 21.3. The average Bonchev–Trinajstić information content (AvgIpc) is 2.97. The van der Waals surface area contributed by atoms with Gasteiger partial charge < -0.3 is 5.11 Å².